The first-order valence-electron chi connectivity index (χ1n) is 8.41. The molecule has 6 nitrogen and oxygen atoms in total. The molecule has 1 saturated carbocycles. The number of ether oxygens (including phenoxy) is 1. The van der Waals surface area contributed by atoms with Crippen molar-refractivity contribution in [3.05, 3.63) is 53.3 Å². The van der Waals surface area contributed by atoms with Gasteiger partial charge in [0.2, 0.25) is 0 Å². The maximum atomic E-state index is 13.0. The highest BCUT2D eigenvalue weighted by Crippen LogP contribution is 2.39. The standard InChI is InChI=1S/C18H21N3O3/c22-11-16-17(13-4-2-1-3-5-13)21(8-9-24-16)18(23)15-10-14(19-20-15)12-6-7-12/h1-5,10,12,16-17,22H,6-9,11H2,(H,19,20)/t16-,17-/m1/s1. The molecule has 1 aromatic carbocycles. The topological polar surface area (TPSA) is 78.5 Å². The third-order valence-electron chi connectivity index (χ3n) is 4.77. The Bertz CT molecular complexity index is 711. The second-order valence-corrected chi connectivity index (χ2v) is 6.43. The monoisotopic (exact) mass is 327 g/mol. The lowest BCUT2D eigenvalue weighted by molar-refractivity contribution is -0.0812. The number of benzene rings is 1. The van der Waals surface area contributed by atoms with Crippen molar-refractivity contribution in [1.82, 2.24) is 15.1 Å². The van der Waals surface area contributed by atoms with Gasteiger partial charge in [0.1, 0.15) is 11.8 Å². The van der Waals surface area contributed by atoms with E-state index in [0.29, 0.717) is 24.8 Å². The van der Waals surface area contributed by atoms with Crippen molar-refractivity contribution in [2.45, 2.75) is 30.9 Å². The number of hydrogen-bond donors (Lipinski definition) is 2. The predicted molar refractivity (Wildman–Crippen MR) is 87.6 cm³/mol. The van der Waals surface area contributed by atoms with Gasteiger partial charge in [-0.05, 0) is 24.5 Å². The number of aromatic amines is 1. The number of morpholine rings is 1. The van der Waals surface area contributed by atoms with E-state index in [9.17, 15) is 9.90 Å². The van der Waals surface area contributed by atoms with E-state index in [1.165, 1.54) is 0 Å². The molecule has 126 valence electrons. The van der Waals surface area contributed by atoms with E-state index in [-0.39, 0.29) is 18.6 Å². The van der Waals surface area contributed by atoms with Gasteiger partial charge in [0.05, 0.1) is 19.3 Å². The molecule has 2 fully saturated rings. The molecule has 1 aromatic heterocycles. The first-order chi connectivity index (χ1) is 11.8. The van der Waals surface area contributed by atoms with Gasteiger partial charge in [0.25, 0.3) is 5.91 Å². The van der Waals surface area contributed by atoms with Gasteiger partial charge < -0.3 is 14.7 Å². The van der Waals surface area contributed by atoms with Crippen molar-refractivity contribution in [3.8, 4) is 0 Å². The van der Waals surface area contributed by atoms with Crippen LogP contribution in [0.15, 0.2) is 36.4 Å². The van der Waals surface area contributed by atoms with Crippen LogP contribution in [-0.2, 0) is 4.74 Å². The van der Waals surface area contributed by atoms with Crippen LogP contribution >= 0.6 is 0 Å². The number of nitrogens with one attached hydrogen (secondary N) is 1. The molecule has 1 amide bonds. The summed E-state index contributed by atoms with van der Waals surface area (Å²) in [4.78, 5) is 14.8. The third kappa shape index (κ3) is 2.83. The molecule has 24 heavy (non-hydrogen) atoms. The van der Waals surface area contributed by atoms with Crippen molar-refractivity contribution in [2.24, 2.45) is 0 Å². The summed E-state index contributed by atoms with van der Waals surface area (Å²) in [6.07, 6.45) is 1.89. The largest absolute Gasteiger partial charge is 0.394 e. The van der Waals surface area contributed by atoms with Crippen LogP contribution in [0.4, 0.5) is 0 Å². The van der Waals surface area contributed by atoms with E-state index in [2.05, 4.69) is 10.2 Å². The summed E-state index contributed by atoms with van der Waals surface area (Å²) in [5, 5.41) is 16.9. The van der Waals surface area contributed by atoms with Gasteiger partial charge >= 0.3 is 0 Å². The molecule has 1 saturated heterocycles. The lowest BCUT2D eigenvalue weighted by Crippen LogP contribution is -2.49. The van der Waals surface area contributed by atoms with Crippen molar-refractivity contribution >= 4 is 5.91 Å². The van der Waals surface area contributed by atoms with Crippen LogP contribution in [0.2, 0.25) is 0 Å². The van der Waals surface area contributed by atoms with Crippen molar-refractivity contribution in [3.63, 3.8) is 0 Å². The fourth-order valence-corrected chi connectivity index (χ4v) is 3.36. The molecule has 6 heteroatoms. The minimum atomic E-state index is -0.424. The van der Waals surface area contributed by atoms with Crippen LogP contribution in [0.25, 0.3) is 0 Å². The maximum Gasteiger partial charge on any atom is 0.275 e. The SMILES string of the molecule is O=C(c1cc(C2CC2)[nH]n1)N1CCO[C@H](CO)[C@H]1c1ccccc1. The summed E-state index contributed by atoms with van der Waals surface area (Å²) in [5.41, 5.74) is 2.44. The Morgan fingerprint density at radius 3 is 2.83 bits per heavy atom. The van der Waals surface area contributed by atoms with E-state index in [1.807, 2.05) is 36.4 Å². The predicted octanol–water partition coefficient (Wildman–Crippen LogP) is 1.86. The van der Waals surface area contributed by atoms with Gasteiger partial charge in [-0.2, -0.15) is 5.10 Å². The highest BCUT2D eigenvalue weighted by atomic mass is 16.5. The molecule has 0 spiro atoms. The Labute approximate surface area is 140 Å². The molecular weight excluding hydrogens is 306 g/mol. The number of rotatable bonds is 4. The second-order valence-electron chi connectivity index (χ2n) is 6.43. The van der Waals surface area contributed by atoms with Crippen LogP contribution in [-0.4, -0.2) is 52.0 Å². The molecule has 2 N–H and O–H groups in total. The second kappa shape index (κ2) is 6.37. The summed E-state index contributed by atoms with van der Waals surface area (Å²) < 4.78 is 5.69. The number of aliphatic hydroxyl groups excluding tert-OH is 1. The van der Waals surface area contributed by atoms with Gasteiger partial charge in [-0.1, -0.05) is 30.3 Å². The number of hydrogen-bond acceptors (Lipinski definition) is 4. The van der Waals surface area contributed by atoms with E-state index < -0.39 is 6.10 Å². The van der Waals surface area contributed by atoms with Gasteiger partial charge in [-0.25, -0.2) is 0 Å². The fraction of sp³-hybridized carbons (Fsp3) is 0.444. The van der Waals surface area contributed by atoms with Crippen molar-refractivity contribution < 1.29 is 14.6 Å². The number of carbonyl (C=O) groups excluding carboxylic acids is 1. The lowest BCUT2D eigenvalue weighted by Gasteiger charge is -2.40. The highest BCUT2D eigenvalue weighted by Gasteiger charge is 2.37. The molecule has 4 rings (SSSR count). The average Bonchev–Trinajstić information content (AvgIpc) is 3.38. The van der Waals surface area contributed by atoms with Crippen LogP contribution in [0.5, 0.6) is 0 Å². The van der Waals surface area contributed by atoms with Gasteiger partial charge in [0, 0.05) is 18.2 Å². The number of aliphatic hydroxyl groups is 1. The maximum absolute atomic E-state index is 13.0. The number of amides is 1. The highest BCUT2D eigenvalue weighted by molar-refractivity contribution is 5.92. The van der Waals surface area contributed by atoms with Crippen molar-refractivity contribution in [2.75, 3.05) is 19.8 Å². The van der Waals surface area contributed by atoms with Gasteiger partial charge in [0.15, 0.2) is 0 Å². The molecule has 2 atom stereocenters. The Kier molecular flexibility index (Phi) is 4.08. The van der Waals surface area contributed by atoms with Crippen LogP contribution in [0, 0.1) is 0 Å². The molecular formula is C18H21N3O3. The van der Waals surface area contributed by atoms with Crippen LogP contribution < -0.4 is 0 Å². The smallest absolute Gasteiger partial charge is 0.275 e. The normalized spacial score (nSPS) is 24.1. The summed E-state index contributed by atoms with van der Waals surface area (Å²) in [6, 6.07) is 11.3. The third-order valence-corrected chi connectivity index (χ3v) is 4.77. The zero-order chi connectivity index (χ0) is 16.5. The summed E-state index contributed by atoms with van der Waals surface area (Å²) >= 11 is 0. The van der Waals surface area contributed by atoms with Crippen LogP contribution in [0.1, 0.15) is 46.5 Å². The minimum Gasteiger partial charge on any atom is -0.394 e. The molecule has 1 aliphatic heterocycles. The number of nitrogens with zero attached hydrogens (tertiary/aromatic N) is 2. The van der Waals surface area contributed by atoms with E-state index in [1.54, 1.807) is 4.90 Å². The quantitative estimate of drug-likeness (QED) is 0.898. The van der Waals surface area contributed by atoms with E-state index >= 15 is 0 Å². The number of H-pyrrole nitrogens is 1. The Hall–Kier alpha value is -2.18. The molecule has 2 aliphatic rings. The van der Waals surface area contributed by atoms with E-state index in [0.717, 1.165) is 24.1 Å². The summed E-state index contributed by atoms with van der Waals surface area (Å²) in [5.74, 6) is 0.410. The Morgan fingerprint density at radius 2 is 2.12 bits per heavy atom. The first-order valence-corrected chi connectivity index (χ1v) is 8.41. The molecule has 0 unspecified atom stereocenters. The average molecular weight is 327 g/mol. The molecule has 0 bridgehead atoms. The Morgan fingerprint density at radius 1 is 1.33 bits per heavy atom. The van der Waals surface area contributed by atoms with E-state index in [4.69, 9.17) is 4.74 Å². The zero-order valence-electron chi connectivity index (χ0n) is 13.4. The molecule has 1 aliphatic carbocycles. The van der Waals surface area contributed by atoms with Gasteiger partial charge in [-0.15, -0.1) is 0 Å². The molecule has 0 radical (unpaired) electrons. The van der Waals surface area contributed by atoms with Crippen LogP contribution in [0.3, 0.4) is 0 Å². The Balaban J connectivity index is 1.63. The molecule has 2 aromatic rings. The zero-order valence-corrected chi connectivity index (χ0v) is 13.4. The lowest BCUT2D eigenvalue weighted by atomic mass is 9.98. The number of carbonyl (C=O) groups is 1. The molecule has 2 heterocycles. The first kappa shape index (κ1) is 15.4. The fourth-order valence-electron chi connectivity index (χ4n) is 3.36. The summed E-state index contributed by atoms with van der Waals surface area (Å²) in [6.45, 7) is 0.776. The van der Waals surface area contributed by atoms with Crippen molar-refractivity contribution in [1.29, 1.82) is 0 Å². The minimum absolute atomic E-state index is 0.117. The summed E-state index contributed by atoms with van der Waals surface area (Å²) in [7, 11) is 0. The number of aromatic nitrogens is 2. The van der Waals surface area contributed by atoms with Gasteiger partial charge in [-0.3, -0.25) is 9.89 Å².